The van der Waals surface area contributed by atoms with E-state index in [0.29, 0.717) is 58.7 Å². The van der Waals surface area contributed by atoms with Gasteiger partial charge in [-0.1, -0.05) is 11.6 Å². The molecule has 1 saturated heterocycles. The Labute approximate surface area is 235 Å². The molecule has 2 aromatic carbocycles. The number of piperidine rings is 1. The van der Waals surface area contributed by atoms with Crippen LogP contribution in [0.15, 0.2) is 34.8 Å². The van der Waals surface area contributed by atoms with Gasteiger partial charge in [-0.3, -0.25) is 4.79 Å². The summed E-state index contributed by atoms with van der Waals surface area (Å²) in [6.45, 7) is 4.48. The molecular formula is C27H32BrClN2O7. The number of nitrogens with zero attached hydrogens (tertiary/aromatic N) is 1. The van der Waals surface area contributed by atoms with Gasteiger partial charge in [0.15, 0.2) is 11.5 Å². The van der Waals surface area contributed by atoms with Gasteiger partial charge in [-0.2, -0.15) is 0 Å². The first-order valence-electron chi connectivity index (χ1n) is 12.6. The maximum absolute atomic E-state index is 13.1. The smallest absolute Gasteiger partial charge is 0.335 e. The third kappa shape index (κ3) is 7.11. The lowest BCUT2D eigenvalue weighted by Gasteiger charge is -2.37. The van der Waals surface area contributed by atoms with Crippen molar-refractivity contribution in [3.63, 3.8) is 0 Å². The van der Waals surface area contributed by atoms with Crippen LogP contribution in [0.3, 0.4) is 0 Å². The molecule has 2 unspecified atom stereocenters. The number of carboxylic acid groups (broad SMARTS) is 1. The van der Waals surface area contributed by atoms with Crippen LogP contribution in [0.1, 0.15) is 40.0 Å². The first-order valence-corrected chi connectivity index (χ1v) is 13.8. The Bertz CT molecular complexity index is 1130. The molecule has 0 aliphatic carbocycles. The van der Waals surface area contributed by atoms with Gasteiger partial charge < -0.3 is 34.3 Å². The number of amides is 1. The lowest BCUT2D eigenvalue weighted by atomic mass is 9.93. The van der Waals surface area contributed by atoms with Crippen molar-refractivity contribution < 1.29 is 33.6 Å². The number of likely N-dealkylation sites (tertiary alicyclic amines) is 1. The molecule has 206 valence electrons. The van der Waals surface area contributed by atoms with Crippen molar-refractivity contribution in [1.29, 1.82) is 0 Å². The lowest BCUT2D eigenvalue weighted by molar-refractivity contribution is -0.0113. The molecule has 11 heteroatoms. The fraction of sp³-hybridized carbons (Fsp3) is 0.481. The van der Waals surface area contributed by atoms with E-state index in [1.165, 1.54) is 12.1 Å². The van der Waals surface area contributed by atoms with E-state index >= 15 is 0 Å². The van der Waals surface area contributed by atoms with Crippen molar-refractivity contribution in [3.8, 4) is 17.2 Å². The molecular weight excluding hydrogens is 580 g/mol. The van der Waals surface area contributed by atoms with Crippen LogP contribution in [0.5, 0.6) is 17.2 Å². The van der Waals surface area contributed by atoms with Crippen LogP contribution in [0.2, 0.25) is 5.02 Å². The summed E-state index contributed by atoms with van der Waals surface area (Å²) in [6, 6.07) is 8.01. The monoisotopic (exact) mass is 610 g/mol. The Morgan fingerprint density at radius 1 is 1.21 bits per heavy atom. The van der Waals surface area contributed by atoms with Gasteiger partial charge in [-0.15, -0.1) is 0 Å². The number of halogens is 2. The van der Waals surface area contributed by atoms with E-state index in [9.17, 15) is 9.59 Å². The van der Waals surface area contributed by atoms with Crippen LogP contribution in [0.25, 0.3) is 0 Å². The van der Waals surface area contributed by atoms with Gasteiger partial charge in [0.1, 0.15) is 5.75 Å². The average Bonchev–Trinajstić information content (AvgIpc) is 3.18. The minimum absolute atomic E-state index is 0.0151. The number of fused-ring (bicyclic) bond motifs is 1. The van der Waals surface area contributed by atoms with Gasteiger partial charge >= 0.3 is 5.97 Å². The first-order chi connectivity index (χ1) is 18.4. The fourth-order valence-electron chi connectivity index (χ4n) is 4.66. The predicted molar refractivity (Wildman–Crippen MR) is 146 cm³/mol. The molecule has 2 aliphatic rings. The predicted octanol–water partition coefficient (Wildman–Crippen LogP) is 4.50. The standard InChI is InChI=1S/C27H32BrClN2O7/c1-35-22-16-31(9-2-11-36-19-6-4-17(5-7-19)27(33)34)10-8-18(22)15-30-26(32)20-14-21(29)23(28)25-24(20)37-12-3-13-38-25/h4-7,14,18,22H,2-3,8-13,15-16H2,1H3,(H,30,32)(H,33,34). The molecule has 0 saturated carbocycles. The number of benzene rings is 2. The Balaban J connectivity index is 1.25. The number of aromatic carboxylic acids is 1. The van der Waals surface area contributed by atoms with Crippen molar-refractivity contribution in [2.45, 2.75) is 25.4 Å². The summed E-state index contributed by atoms with van der Waals surface area (Å²) in [5.41, 5.74) is 0.596. The van der Waals surface area contributed by atoms with E-state index in [2.05, 4.69) is 26.1 Å². The second-order valence-corrected chi connectivity index (χ2v) is 10.5. The number of ether oxygens (including phenoxy) is 4. The lowest BCUT2D eigenvalue weighted by Crippen LogP contribution is -2.48. The highest BCUT2D eigenvalue weighted by molar-refractivity contribution is 9.10. The number of rotatable bonds is 10. The zero-order valence-electron chi connectivity index (χ0n) is 21.2. The highest BCUT2D eigenvalue weighted by Gasteiger charge is 2.30. The third-order valence-electron chi connectivity index (χ3n) is 6.75. The van der Waals surface area contributed by atoms with E-state index in [-0.39, 0.29) is 23.5 Å². The normalized spacial score (nSPS) is 19.4. The van der Waals surface area contributed by atoms with E-state index in [1.54, 1.807) is 25.3 Å². The second-order valence-electron chi connectivity index (χ2n) is 9.29. The Morgan fingerprint density at radius 3 is 2.66 bits per heavy atom. The minimum Gasteiger partial charge on any atom is -0.494 e. The van der Waals surface area contributed by atoms with Crippen LogP contribution in [-0.2, 0) is 4.74 Å². The number of carboxylic acids is 1. The molecule has 1 amide bonds. The van der Waals surface area contributed by atoms with Gasteiger partial charge in [0.2, 0.25) is 0 Å². The molecule has 0 radical (unpaired) electrons. The van der Waals surface area contributed by atoms with Crippen LogP contribution in [0, 0.1) is 5.92 Å². The Kier molecular flexibility index (Phi) is 10.1. The van der Waals surface area contributed by atoms with Gasteiger partial charge in [0, 0.05) is 39.1 Å². The van der Waals surface area contributed by atoms with E-state index in [1.807, 2.05) is 0 Å². The van der Waals surface area contributed by atoms with Gasteiger partial charge in [-0.05, 0) is 65.6 Å². The van der Waals surface area contributed by atoms with Crippen molar-refractivity contribution >= 4 is 39.4 Å². The molecule has 0 bridgehead atoms. The molecule has 2 heterocycles. The van der Waals surface area contributed by atoms with Crippen molar-refractivity contribution in [2.75, 3.05) is 53.1 Å². The summed E-state index contributed by atoms with van der Waals surface area (Å²) in [7, 11) is 1.70. The summed E-state index contributed by atoms with van der Waals surface area (Å²) in [5, 5.41) is 12.4. The summed E-state index contributed by atoms with van der Waals surface area (Å²) in [4.78, 5) is 26.4. The van der Waals surface area contributed by atoms with Crippen molar-refractivity contribution in [2.24, 2.45) is 5.92 Å². The largest absolute Gasteiger partial charge is 0.494 e. The number of methoxy groups -OCH3 is 1. The van der Waals surface area contributed by atoms with Crippen molar-refractivity contribution in [3.05, 3.63) is 51.0 Å². The molecule has 9 nitrogen and oxygen atoms in total. The maximum atomic E-state index is 13.1. The summed E-state index contributed by atoms with van der Waals surface area (Å²) in [5.74, 6) is 0.486. The van der Waals surface area contributed by atoms with E-state index < -0.39 is 5.97 Å². The highest BCUT2D eigenvalue weighted by atomic mass is 79.9. The van der Waals surface area contributed by atoms with Crippen LogP contribution < -0.4 is 19.5 Å². The highest BCUT2D eigenvalue weighted by Crippen LogP contribution is 2.44. The molecule has 0 spiro atoms. The second kappa shape index (κ2) is 13.5. The topological polar surface area (TPSA) is 107 Å². The minimum atomic E-state index is -0.956. The fourth-order valence-corrected chi connectivity index (χ4v) is 5.26. The molecule has 4 rings (SSSR count). The van der Waals surface area contributed by atoms with Crippen LogP contribution >= 0.6 is 27.5 Å². The number of hydrogen-bond donors (Lipinski definition) is 2. The van der Waals surface area contributed by atoms with Crippen LogP contribution in [-0.4, -0.2) is 81.1 Å². The summed E-state index contributed by atoms with van der Waals surface area (Å²) < 4.78 is 23.7. The third-order valence-corrected chi connectivity index (χ3v) is 8.07. The first kappa shape index (κ1) is 28.5. The van der Waals surface area contributed by atoms with Crippen LogP contribution in [0.4, 0.5) is 0 Å². The molecule has 0 aromatic heterocycles. The summed E-state index contributed by atoms with van der Waals surface area (Å²) >= 11 is 9.78. The zero-order valence-corrected chi connectivity index (χ0v) is 23.6. The van der Waals surface area contributed by atoms with Gasteiger partial charge in [-0.25, -0.2) is 4.79 Å². The maximum Gasteiger partial charge on any atom is 0.335 e. The van der Waals surface area contributed by atoms with E-state index in [4.69, 9.17) is 35.7 Å². The van der Waals surface area contributed by atoms with E-state index in [0.717, 1.165) is 38.9 Å². The van der Waals surface area contributed by atoms with Gasteiger partial charge in [0.05, 0.1) is 46.5 Å². The SMILES string of the molecule is COC1CN(CCCOc2ccc(C(=O)O)cc2)CCC1CNC(=O)c1cc(Cl)c(Br)c2c1OCCCO2. The number of nitrogens with one attached hydrogen (secondary N) is 1. The van der Waals surface area contributed by atoms with Gasteiger partial charge in [0.25, 0.3) is 5.91 Å². The summed E-state index contributed by atoms with van der Waals surface area (Å²) in [6.07, 6.45) is 2.42. The molecule has 2 N–H and O–H groups in total. The Hall–Kier alpha value is -2.53. The quantitative estimate of drug-likeness (QED) is 0.379. The number of hydrogen-bond acceptors (Lipinski definition) is 7. The Morgan fingerprint density at radius 2 is 1.95 bits per heavy atom. The molecule has 2 aliphatic heterocycles. The number of carbonyl (C=O) groups excluding carboxylic acids is 1. The number of carbonyl (C=O) groups is 2. The molecule has 2 aromatic rings. The van der Waals surface area contributed by atoms with Crippen molar-refractivity contribution in [1.82, 2.24) is 10.2 Å². The average molecular weight is 612 g/mol. The molecule has 1 fully saturated rings. The molecule has 2 atom stereocenters. The molecule has 38 heavy (non-hydrogen) atoms. The zero-order chi connectivity index (χ0) is 27.1.